The Hall–Kier alpha value is -1.46. The molecule has 0 saturated carbocycles. The van der Waals surface area contributed by atoms with E-state index in [-0.39, 0.29) is 11.7 Å². The fraction of sp³-hybridized carbons (Fsp3) is 0.471. The van der Waals surface area contributed by atoms with Crippen molar-refractivity contribution >= 4 is 44.8 Å². The molecule has 0 spiro atoms. The van der Waals surface area contributed by atoms with Gasteiger partial charge in [0.05, 0.1) is 10.4 Å². The lowest BCUT2D eigenvalue weighted by Crippen LogP contribution is -2.36. The number of fused-ring (bicyclic) bond motifs is 3. The SMILES string of the molecule is Cc1csc2c(O)cc3c(c12)C(CCl)CN3C(=O)OC(C)(C)C. The van der Waals surface area contributed by atoms with Crippen LogP contribution in [-0.4, -0.2) is 29.2 Å². The summed E-state index contributed by atoms with van der Waals surface area (Å²) in [4.78, 5) is 14.1. The van der Waals surface area contributed by atoms with Gasteiger partial charge in [0.25, 0.3) is 0 Å². The number of aryl methyl sites for hydroxylation is 1. The van der Waals surface area contributed by atoms with E-state index in [0.717, 1.165) is 21.2 Å². The summed E-state index contributed by atoms with van der Waals surface area (Å²) >= 11 is 7.67. The molecule has 1 N–H and O–H groups in total. The van der Waals surface area contributed by atoms with E-state index in [1.165, 1.54) is 11.3 Å². The number of hydrogen-bond acceptors (Lipinski definition) is 4. The Morgan fingerprint density at radius 2 is 2.22 bits per heavy atom. The Bertz CT molecular complexity index is 778. The number of ether oxygens (including phenoxy) is 1. The zero-order valence-corrected chi connectivity index (χ0v) is 15.2. The number of benzene rings is 1. The van der Waals surface area contributed by atoms with Crippen molar-refractivity contribution in [1.82, 2.24) is 0 Å². The zero-order valence-electron chi connectivity index (χ0n) is 13.6. The molecular formula is C17H20ClNO3S. The van der Waals surface area contributed by atoms with E-state index in [2.05, 4.69) is 0 Å². The summed E-state index contributed by atoms with van der Waals surface area (Å²) < 4.78 is 6.35. The topological polar surface area (TPSA) is 49.8 Å². The standard InChI is InChI=1S/C17H20ClNO3S/c1-9-8-23-15-12(20)5-11-14(13(9)15)10(6-18)7-19(11)16(21)22-17(2,3)4/h5,8,10,20H,6-7H2,1-4H3. The van der Waals surface area contributed by atoms with Crippen molar-refractivity contribution in [3.63, 3.8) is 0 Å². The maximum atomic E-state index is 12.5. The third-order valence-electron chi connectivity index (χ3n) is 3.93. The highest BCUT2D eigenvalue weighted by molar-refractivity contribution is 7.17. The predicted octanol–water partition coefficient (Wildman–Crippen LogP) is 4.99. The Kier molecular flexibility index (Phi) is 3.97. The number of nitrogens with zero attached hydrogens (tertiary/aromatic N) is 1. The molecule has 0 bridgehead atoms. The van der Waals surface area contributed by atoms with E-state index < -0.39 is 11.7 Å². The van der Waals surface area contributed by atoms with Crippen LogP contribution in [-0.2, 0) is 4.74 Å². The monoisotopic (exact) mass is 353 g/mol. The summed E-state index contributed by atoms with van der Waals surface area (Å²) in [5.74, 6) is 0.651. The smallest absolute Gasteiger partial charge is 0.414 e. The number of thiophene rings is 1. The first-order valence-electron chi connectivity index (χ1n) is 7.53. The first-order valence-corrected chi connectivity index (χ1v) is 8.94. The molecule has 124 valence electrons. The summed E-state index contributed by atoms with van der Waals surface area (Å²) in [6.45, 7) is 8.00. The zero-order chi connectivity index (χ0) is 16.9. The van der Waals surface area contributed by atoms with Gasteiger partial charge in [-0.05, 0) is 44.2 Å². The van der Waals surface area contributed by atoms with Gasteiger partial charge in [0.15, 0.2) is 0 Å². The van der Waals surface area contributed by atoms with Crippen LogP contribution in [0.5, 0.6) is 5.75 Å². The van der Waals surface area contributed by atoms with Crippen molar-refractivity contribution in [3.8, 4) is 5.75 Å². The Morgan fingerprint density at radius 3 is 2.83 bits per heavy atom. The molecule has 23 heavy (non-hydrogen) atoms. The van der Waals surface area contributed by atoms with E-state index in [9.17, 15) is 9.90 Å². The van der Waals surface area contributed by atoms with Crippen LogP contribution in [0.3, 0.4) is 0 Å². The van der Waals surface area contributed by atoms with Crippen molar-refractivity contribution in [2.24, 2.45) is 0 Å². The Balaban J connectivity index is 2.14. The number of hydrogen-bond donors (Lipinski definition) is 1. The summed E-state index contributed by atoms with van der Waals surface area (Å²) in [6.07, 6.45) is -0.405. The Morgan fingerprint density at radius 1 is 1.52 bits per heavy atom. The van der Waals surface area contributed by atoms with Crippen LogP contribution in [0, 0.1) is 6.92 Å². The average molecular weight is 354 g/mol. The van der Waals surface area contributed by atoms with E-state index in [0.29, 0.717) is 18.1 Å². The number of phenolic OH excluding ortho intramolecular Hbond substituents is 1. The van der Waals surface area contributed by atoms with Crippen LogP contribution in [0.1, 0.15) is 37.8 Å². The van der Waals surface area contributed by atoms with E-state index in [1.54, 1.807) is 11.0 Å². The van der Waals surface area contributed by atoms with Gasteiger partial charge in [-0.3, -0.25) is 4.90 Å². The normalized spacial score (nSPS) is 17.6. The highest BCUT2D eigenvalue weighted by atomic mass is 35.5. The van der Waals surface area contributed by atoms with Crippen LogP contribution in [0.4, 0.5) is 10.5 Å². The predicted molar refractivity (Wildman–Crippen MR) is 95.3 cm³/mol. The van der Waals surface area contributed by atoms with Crippen molar-refractivity contribution in [3.05, 3.63) is 22.6 Å². The molecule has 1 aromatic carbocycles. The van der Waals surface area contributed by atoms with Gasteiger partial charge in [0.1, 0.15) is 11.4 Å². The van der Waals surface area contributed by atoms with Crippen molar-refractivity contribution in [1.29, 1.82) is 0 Å². The molecule has 0 saturated heterocycles. The van der Waals surface area contributed by atoms with Gasteiger partial charge < -0.3 is 9.84 Å². The van der Waals surface area contributed by atoms with Gasteiger partial charge in [-0.15, -0.1) is 22.9 Å². The minimum Gasteiger partial charge on any atom is -0.506 e. The van der Waals surface area contributed by atoms with Crippen molar-refractivity contribution < 1.29 is 14.6 Å². The second kappa shape index (κ2) is 5.56. The van der Waals surface area contributed by atoms with Crippen LogP contribution >= 0.6 is 22.9 Å². The summed E-state index contributed by atoms with van der Waals surface area (Å²) in [5, 5.41) is 13.4. The number of rotatable bonds is 1. The maximum absolute atomic E-state index is 12.5. The number of phenols is 1. The van der Waals surface area contributed by atoms with Crippen LogP contribution in [0.25, 0.3) is 10.1 Å². The molecule has 3 rings (SSSR count). The molecule has 2 heterocycles. The summed E-state index contributed by atoms with van der Waals surface area (Å²) in [7, 11) is 0. The quantitative estimate of drug-likeness (QED) is 0.734. The summed E-state index contributed by atoms with van der Waals surface area (Å²) in [6, 6.07) is 1.66. The molecule has 1 amide bonds. The third kappa shape index (κ3) is 2.76. The molecular weight excluding hydrogens is 334 g/mol. The van der Waals surface area contributed by atoms with E-state index >= 15 is 0 Å². The lowest BCUT2D eigenvalue weighted by molar-refractivity contribution is 0.0582. The minimum atomic E-state index is -0.569. The number of carbonyl (C=O) groups is 1. The first kappa shape index (κ1) is 16.4. The van der Waals surface area contributed by atoms with Gasteiger partial charge in [0, 0.05) is 29.8 Å². The van der Waals surface area contributed by atoms with Gasteiger partial charge in [-0.2, -0.15) is 0 Å². The van der Waals surface area contributed by atoms with Crippen LogP contribution in [0.2, 0.25) is 0 Å². The second-order valence-electron chi connectivity index (χ2n) is 6.89. The Labute approximate surface area is 144 Å². The lowest BCUT2D eigenvalue weighted by Gasteiger charge is -2.25. The lowest BCUT2D eigenvalue weighted by atomic mass is 9.97. The molecule has 2 aromatic rings. The number of amides is 1. The average Bonchev–Trinajstić information content (AvgIpc) is 2.98. The molecule has 1 atom stereocenters. The van der Waals surface area contributed by atoms with E-state index in [1.807, 2.05) is 33.1 Å². The molecule has 1 unspecified atom stereocenters. The third-order valence-corrected chi connectivity index (χ3v) is 5.42. The first-order chi connectivity index (χ1) is 10.7. The summed E-state index contributed by atoms with van der Waals surface area (Å²) in [5.41, 5.74) is 2.27. The molecule has 1 aromatic heterocycles. The fourth-order valence-corrected chi connectivity index (χ4v) is 4.26. The number of carbonyl (C=O) groups excluding carboxylic acids is 1. The maximum Gasteiger partial charge on any atom is 0.414 e. The largest absolute Gasteiger partial charge is 0.506 e. The molecule has 1 aliphatic rings. The number of alkyl halides is 1. The van der Waals surface area contributed by atoms with Crippen LogP contribution < -0.4 is 4.90 Å². The molecule has 4 nitrogen and oxygen atoms in total. The second-order valence-corrected chi connectivity index (χ2v) is 8.08. The van der Waals surface area contributed by atoms with Gasteiger partial charge in [0.2, 0.25) is 0 Å². The highest BCUT2D eigenvalue weighted by Gasteiger charge is 2.37. The molecule has 6 heteroatoms. The van der Waals surface area contributed by atoms with Gasteiger partial charge in [-0.1, -0.05) is 0 Å². The van der Waals surface area contributed by atoms with Crippen molar-refractivity contribution in [2.75, 3.05) is 17.3 Å². The van der Waals surface area contributed by atoms with Crippen molar-refractivity contribution in [2.45, 2.75) is 39.2 Å². The van der Waals surface area contributed by atoms with Gasteiger partial charge >= 0.3 is 6.09 Å². The van der Waals surface area contributed by atoms with Gasteiger partial charge in [-0.25, -0.2) is 4.79 Å². The minimum absolute atomic E-state index is 0.0376. The molecule has 0 fully saturated rings. The highest BCUT2D eigenvalue weighted by Crippen LogP contribution is 2.48. The van der Waals surface area contributed by atoms with E-state index in [4.69, 9.17) is 16.3 Å². The number of aromatic hydroxyl groups is 1. The molecule has 0 radical (unpaired) electrons. The molecule has 0 aliphatic carbocycles. The fourth-order valence-electron chi connectivity index (χ4n) is 3.03. The molecule has 1 aliphatic heterocycles. The number of anilines is 1. The van der Waals surface area contributed by atoms with Crippen LogP contribution in [0.15, 0.2) is 11.4 Å². The number of halogens is 1.